The van der Waals surface area contributed by atoms with Crippen LogP contribution in [0.25, 0.3) is 0 Å². The van der Waals surface area contributed by atoms with Gasteiger partial charge in [0.1, 0.15) is 6.04 Å². The summed E-state index contributed by atoms with van der Waals surface area (Å²) >= 11 is 0. The van der Waals surface area contributed by atoms with Crippen LogP contribution < -0.4 is 0 Å². The highest BCUT2D eigenvalue weighted by atomic mass is 19.4. The molecule has 1 unspecified atom stereocenters. The van der Waals surface area contributed by atoms with E-state index >= 15 is 0 Å². The van der Waals surface area contributed by atoms with Crippen molar-refractivity contribution in [2.75, 3.05) is 6.54 Å². The Labute approximate surface area is 112 Å². The monoisotopic (exact) mass is 277 g/mol. The van der Waals surface area contributed by atoms with Gasteiger partial charge >= 0.3 is 6.18 Å². The summed E-state index contributed by atoms with van der Waals surface area (Å²) in [5.74, 6) is 0.0194. The maximum atomic E-state index is 12.9. The molecule has 5 heteroatoms. The van der Waals surface area contributed by atoms with Crippen molar-refractivity contribution in [2.45, 2.75) is 70.0 Å². The van der Waals surface area contributed by atoms with Crippen LogP contribution in [-0.4, -0.2) is 29.6 Å². The molecule has 1 aliphatic heterocycles. The number of nitrogens with zero attached hydrogens (tertiary/aromatic N) is 1. The summed E-state index contributed by atoms with van der Waals surface area (Å²) < 4.78 is 38.8. The quantitative estimate of drug-likeness (QED) is 0.749. The summed E-state index contributed by atoms with van der Waals surface area (Å²) in [6.07, 6.45) is 2.78. The van der Waals surface area contributed by atoms with E-state index in [-0.39, 0.29) is 18.9 Å². The molecule has 1 atom stereocenters. The highest BCUT2D eigenvalue weighted by molar-refractivity contribution is 5.77. The molecule has 0 radical (unpaired) electrons. The number of carbonyl (C=O) groups is 1. The highest BCUT2D eigenvalue weighted by Crippen LogP contribution is 2.34. The first kappa shape index (κ1) is 14.7. The molecule has 2 fully saturated rings. The van der Waals surface area contributed by atoms with E-state index in [1.807, 2.05) is 0 Å². The van der Waals surface area contributed by atoms with Gasteiger partial charge in [0.25, 0.3) is 0 Å². The van der Waals surface area contributed by atoms with Crippen molar-refractivity contribution in [3.05, 3.63) is 0 Å². The summed E-state index contributed by atoms with van der Waals surface area (Å²) in [5.41, 5.74) is 0. The third-order valence-electron chi connectivity index (χ3n) is 4.39. The van der Waals surface area contributed by atoms with Crippen LogP contribution >= 0.6 is 0 Å². The zero-order valence-electron chi connectivity index (χ0n) is 11.2. The number of hydrogen-bond acceptors (Lipinski definition) is 1. The SMILES string of the molecule is O=C(CC1CCCCC1)N1CCCCC1C(F)(F)F. The van der Waals surface area contributed by atoms with Crippen LogP contribution in [0.1, 0.15) is 57.8 Å². The van der Waals surface area contributed by atoms with Gasteiger partial charge in [0.2, 0.25) is 5.91 Å². The smallest absolute Gasteiger partial charge is 0.331 e. The Bertz CT molecular complexity index is 310. The first-order valence-electron chi connectivity index (χ1n) is 7.34. The maximum Gasteiger partial charge on any atom is 0.408 e. The lowest BCUT2D eigenvalue weighted by molar-refractivity contribution is -0.196. The molecule has 1 saturated heterocycles. The van der Waals surface area contributed by atoms with Crippen molar-refractivity contribution in [1.82, 2.24) is 4.90 Å². The van der Waals surface area contributed by atoms with E-state index in [9.17, 15) is 18.0 Å². The van der Waals surface area contributed by atoms with Gasteiger partial charge < -0.3 is 4.90 Å². The predicted octanol–water partition coefficient (Wildman–Crippen LogP) is 3.90. The Morgan fingerprint density at radius 3 is 2.26 bits per heavy atom. The van der Waals surface area contributed by atoms with Gasteiger partial charge in [0.05, 0.1) is 0 Å². The summed E-state index contributed by atoms with van der Waals surface area (Å²) in [5, 5.41) is 0. The molecule has 19 heavy (non-hydrogen) atoms. The van der Waals surface area contributed by atoms with Gasteiger partial charge in [0.15, 0.2) is 0 Å². The van der Waals surface area contributed by atoms with Crippen molar-refractivity contribution < 1.29 is 18.0 Å². The molecule has 1 saturated carbocycles. The first-order chi connectivity index (χ1) is 8.98. The molecule has 2 aliphatic rings. The fraction of sp³-hybridized carbons (Fsp3) is 0.929. The third-order valence-corrected chi connectivity index (χ3v) is 4.39. The molecule has 2 rings (SSSR count). The zero-order chi connectivity index (χ0) is 13.9. The normalized spacial score (nSPS) is 26.5. The molecular weight excluding hydrogens is 255 g/mol. The Balaban J connectivity index is 1.95. The highest BCUT2D eigenvalue weighted by Gasteiger charge is 2.46. The average molecular weight is 277 g/mol. The van der Waals surface area contributed by atoms with Gasteiger partial charge in [0, 0.05) is 13.0 Å². The van der Waals surface area contributed by atoms with Gasteiger partial charge in [-0.25, -0.2) is 0 Å². The summed E-state index contributed by atoms with van der Waals surface area (Å²) in [6, 6.07) is -1.54. The Hall–Kier alpha value is -0.740. The van der Waals surface area contributed by atoms with Gasteiger partial charge in [-0.1, -0.05) is 19.3 Å². The van der Waals surface area contributed by atoms with Crippen LogP contribution in [0.4, 0.5) is 13.2 Å². The van der Waals surface area contributed by atoms with Crippen LogP contribution in [0.5, 0.6) is 0 Å². The second-order valence-corrected chi connectivity index (χ2v) is 5.85. The first-order valence-corrected chi connectivity index (χ1v) is 7.34. The standard InChI is InChI=1S/C14H22F3NO/c15-14(16,17)12-8-4-5-9-18(12)13(19)10-11-6-2-1-3-7-11/h11-12H,1-10H2. The fourth-order valence-corrected chi connectivity index (χ4v) is 3.33. The number of rotatable bonds is 2. The van der Waals surface area contributed by atoms with Crippen molar-refractivity contribution >= 4 is 5.91 Å². The molecule has 0 spiro atoms. The Morgan fingerprint density at radius 2 is 1.63 bits per heavy atom. The van der Waals surface area contributed by atoms with E-state index in [1.165, 1.54) is 6.42 Å². The number of halogens is 3. The number of hydrogen-bond donors (Lipinski definition) is 0. The topological polar surface area (TPSA) is 20.3 Å². The number of alkyl halides is 3. The maximum absolute atomic E-state index is 12.9. The molecule has 0 bridgehead atoms. The van der Waals surface area contributed by atoms with Crippen molar-refractivity contribution in [3.63, 3.8) is 0 Å². The second kappa shape index (κ2) is 6.14. The van der Waals surface area contributed by atoms with Crippen LogP contribution in [0, 0.1) is 5.92 Å². The largest absolute Gasteiger partial charge is 0.408 e. The molecule has 1 aliphatic carbocycles. The molecule has 1 amide bonds. The molecule has 110 valence electrons. The van der Waals surface area contributed by atoms with Gasteiger partial charge in [-0.15, -0.1) is 0 Å². The van der Waals surface area contributed by atoms with E-state index in [0.717, 1.165) is 30.6 Å². The summed E-state index contributed by atoms with van der Waals surface area (Å²) in [4.78, 5) is 13.2. The number of piperidine rings is 1. The predicted molar refractivity (Wildman–Crippen MR) is 66.6 cm³/mol. The summed E-state index contributed by atoms with van der Waals surface area (Å²) in [6.45, 7) is 0.274. The van der Waals surface area contributed by atoms with E-state index in [2.05, 4.69) is 0 Å². The van der Waals surface area contributed by atoms with Crippen molar-refractivity contribution in [2.24, 2.45) is 5.92 Å². The lowest BCUT2D eigenvalue weighted by Crippen LogP contribution is -2.51. The Morgan fingerprint density at radius 1 is 1.00 bits per heavy atom. The van der Waals surface area contributed by atoms with Gasteiger partial charge in [-0.2, -0.15) is 13.2 Å². The van der Waals surface area contributed by atoms with Crippen LogP contribution in [0.15, 0.2) is 0 Å². The van der Waals surface area contributed by atoms with E-state index in [0.29, 0.717) is 25.2 Å². The van der Waals surface area contributed by atoms with Crippen molar-refractivity contribution in [1.29, 1.82) is 0 Å². The minimum atomic E-state index is -4.28. The second-order valence-electron chi connectivity index (χ2n) is 5.85. The fourth-order valence-electron chi connectivity index (χ4n) is 3.33. The number of amides is 1. The van der Waals surface area contributed by atoms with Crippen LogP contribution in [0.3, 0.4) is 0 Å². The minimum Gasteiger partial charge on any atom is -0.331 e. The lowest BCUT2D eigenvalue weighted by atomic mass is 9.86. The molecule has 0 N–H and O–H groups in total. The molecule has 0 aromatic rings. The van der Waals surface area contributed by atoms with Crippen LogP contribution in [0.2, 0.25) is 0 Å². The van der Waals surface area contributed by atoms with E-state index in [4.69, 9.17) is 0 Å². The Kier molecular flexibility index (Phi) is 4.74. The molecule has 0 aromatic carbocycles. The number of likely N-dealkylation sites (tertiary alicyclic amines) is 1. The van der Waals surface area contributed by atoms with Gasteiger partial charge in [-0.05, 0) is 38.0 Å². The molecule has 2 nitrogen and oxygen atoms in total. The van der Waals surface area contributed by atoms with Crippen molar-refractivity contribution in [3.8, 4) is 0 Å². The van der Waals surface area contributed by atoms with Crippen LogP contribution in [-0.2, 0) is 4.79 Å². The third kappa shape index (κ3) is 3.86. The molecule has 0 aromatic heterocycles. The van der Waals surface area contributed by atoms with E-state index in [1.54, 1.807) is 0 Å². The zero-order valence-corrected chi connectivity index (χ0v) is 11.2. The minimum absolute atomic E-state index is 0.0694. The average Bonchev–Trinajstić information content (AvgIpc) is 2.39. The number of carbonyl (C=O) groups excluding carboxylic acids is 1. The molecular formula is C14H22F3NO. The lowest BCUT2D eigenvalue weighted by Gasteiger charge is -2.37. The van der Waals surface area contributed by atoms with E-state index < -0.39 is 12.2 Å². The van der Waals surface area contributed by atoms with Gasteiger partial charge in [-0.3, -0.25) is 4.79 Å². The summed E-state index contributed by atoms with van der Waals surface area (Å²) in [7, 11) is 0. The molecule has 1 heterocycles.